The summed E-state index contributed by atoms with van der Waals surface area (Å²) in [6.45, 7) is 2.11. The number of aliphatic hydroxyl groups is 1. The Labute approximate surface area is 104 Å². The van der Waals surface area contributed by atoms with Gasteiger partial charge in [0.25, 0.3) is 0 Å². The van der Waals surface area contributed by atoms with Gasteiger partial charge >= 0.3 is 0 Å². The quantitative estimate of drug-likeness (QED) is 0.780. The third kappa shape index (κ3) is 3.71. The van der Waals surface area contributed by atoms with Crippen molar-refractivity contribution in [3.8, 4) is 0 Å². The van der Waals surface area contributed by atoms with Crippen molar-refractivity contribution in [3.05, 3.63) is 47.0 Å². The Kier molecular flexibility index (Phi) is 4.38. The van der Waals surface area contributed by atoms with E-state index >= 15 is 0 Å². The molecule has 1 aromatic rings. The number of rotatable bonds is 4. The van der Waals surface area contributed by atoms with E-state index in [9.17, 15) is 5.11 Å². The molecule has 0 bridgehead atoms. The lowest BCUT2D eigenvalue weighted by Gasteiger charge is -2.18. The van der Waals surface area contributed by atoms with E-state index in [0.717, 1.165) is 25.7 Å². The Hall–Kier alpha value is -1.08. The number of hydrogen-bond acceptors (Lipinski definition) is 1. The van der Waals surface area contributed by atoms with E-state index in [-0.39, 0.29) is 6.10 Å². The highest BCUT2D eigenvalue weighted by atomic mass is 16.3. The van der Waals surface area contributed by atoms with Crippen LogP contribution in [0.2, 0.25) is 0 Å². The van der Waals surface area contributed by atoms with Crippen LogP contribution < -0.4 is 0 Å². The molecule has 1 nitrogen and oxygen atoms in total. The van der Waals surface area contributed by atoms with Gasteiger partial charge in [0.05, 0.1) is 6.10 Å². The summed E-state index contributed by atoms with van der Waals surface area (Å²) < 4.78 is 0. The zero-order valence-electron chi connectivity index (χ0n) is 10.7. The summed E-state index contributed by atoms with van der Waals surface area (Å²) in [5, 5.41) is 10.1. The van der Waals surface area contributed by atoms with E-state index in [1.165, 1.54) is 29.5 Å². The Morgan fingerprint density at radius 1 is 1.29 bits per heavy atom. The van der Waals surface area contributed by atoms with Gasteiger partial charge < -0.3 is 5.11 Å². The first-order valence-corrected chi connectivity index (χ1v) is 6.68. The zero-order chi connectivity index (χ0) is 12.1. The van der Waals surface area contributed by atoms with Crippen LogP contribution in [0.3, 0.4) is 0 Å². The summed E-state index contributed by atoms with van der Waals surface area (Å²) >= 11 is 0. The molecule has 0 saturated heterocycles. The summed E-state index contributed by atoms with van der Waals surface area (Å²) in [6.07, 6.45) is 8.61. The second-order valence-corrected chi connectivity index (χ2v) is 5.07. The Balaban J connectivity index is 1.87. The predicted molar refractivity (Wildman–Crippen MR) is 72.1 cm³/mol. The SMILES string of the molecule is Cc1cccc(CCC(O)C2=CCCCC2)c1. The van der Waals surface area contributed by atoms with E-state index in [4.69, 9.17) is 0 Å². The largest absolute Gasteiger partial charge is 0.389 e. The van der Waals surface area contributed by atoms with Crippen molar-refractivity contribution in [1.29, 1.82) is 0 Å². The summed E-state index contributed by atoms with van der Waals surface area (Å²) in [7, 11) is 0. The first-order chi connectivity index (χ1) is 8.25. The lowest BCUT2D eigenvalue weighted by Crippen LogP contribution is -2.13. The normalized spacial score (nSPS) is 17.6. The molecule has 17 heavy (non-hydrogen) atoms. The van der Waals surface area contributed by atoms with Gasteiger partial charge in [-0.2, -0.15) is 0 Å². The minimum atomic E-state index is -0.226. The van der Waals surface area contributed by atoms with Crippen molar-refractivity contribution in [1.82, 2.24) is 0 Å². The van der Waals surface area contributed by atoms with E-state index < -0.39 is 0 Å². The molecule has 1 heteroatoms. The van der Waals surface area contributed by atoms with Crippen LogP contribution in [0.4, 0.5) is 0 Å². The second kappa shape index (κ2) is 6.02. The number of hydrogen-bond donors (Lipinski definition) is 1. The third-order valence-corrected chi connectivity index (χ3v) is 3.54. The molecule has 1 atom stereocenters. The third-order valence-electron chi connectivity index (χ3n) is 3.54. The number of benzene rings is 1. The standard InChI is InChI=1S/C16H22O/c1-13-6-5-7-14(12-13)10-11-16(17)15-8-3-2-4-9-15/h5-8,12,16-17H,2-4,9-11H2,1H3. The van der Waals surface area contributed by atoms with Gasteiger partial charge in [0.1, 0.15) is 0 Å². The Morgan fingerprint density at radius 2 is 2.18 bits per heavy atom. The Bertz CT molecular complexity index is 392. The van der Waals surface area contributed by atoms with E-state index in [1.54, 1.807) is 0 Å². The number of allylic oxidation sites excluding steroid dienone is 1. The molecule has 1 N–H and O–H groups in total. The molecule has 0 amide bonds. The van der Waals surface area contributed by atoms with Crippen molar-refractivity contribution < 1.29 is 5.11 Å². The van der Waals surface area contributed by atoms with Gasteiger partial charge in [0.15, 0.2) is 0 Å². The highest BCUT2D eigenvalue weighted by Crippen LogP contribution is 2.22. The first-order valence-electron chi connectivity index (χ1n) is 6.68. The fourth-order valence-corrected chi connectivity index (χ4v) is 2.52. The molecule has 1 unspecified atom stereocenters. The van der Waals surface area contributed by atoms with E-state index in [2.05, 4.69) is 37.3 Å². The monoisotopic (exact) mass is 230 g/mol. The van der Waals surface area contributed by atoms with Crippen molar-refractivity contribution in [3.63, 3.8) is 0 Å². The number of aryl methyl sites for hydroxylation is 2. The average molecular weight is 230 g/mol. The average Bonchev–Trinajstić information content (AvgIpc) is 2.37. The van der Waals surface area contributed by atoms with Gasteiger partial charge in [-0.15, -0.1) is 0 Å². The molecule has 0 heterocycles. The van der Waals surface area contributed by atoms with Crippen LogP contribution in [-0.2, 0) is 6.42 Å². The molecule has 1 aromatic carbocycles. The molecule has 0 radical (unpaired) electrons. The summed E-state index contributed by atoms with van der Waals surface area (Å²) in [5.41, 5.74) is 3.90. The highest BCUT2D eigenvalue weighted by molar-refractivity contribution is 5.22. The van der Waals surface area contributed by atoms with Crippen LogP contribution in [0.25, 0.3) is 0 Å². The van der Waals surface area contributed by atoms with Gasteiger partial charge in [-0.25, -0.2) is 0 Å². The van der Waals surface area contributed by atoms with Crippen molar-refractivity contribution >= 4 is 0 Å². The highest BCUT2D eigenvalue weighted by Gasteiger charge is 2.13. The fourth-order valence-electron chi connectivity index (χ4n) is 2.52. The van der Waals surface area contributed by atoms with E-state index in [0.29, 0.717) is 0 Å². The lowest BCUT2D eigenvalue weighted by atomic mass is 9.92. The molecular formula is C16H22O. The first kappa shape index (κ1) is 12.4. The van der Waals surface area contributed by atoms with Crippen LogP contribution in [0.1, 0.15) is 43.2 Å². The second-order valence-electron chi connectivity index (χ2n) is 5.07. The molecule has 0 aromatic heterocycles. The molecule has 0 aliphatic heterocycles. The van der Waals surface area contributed by atoms with Gasteiger partial charge in [0.2, 0.25) is 0 Å². The summed E-state index contributed by atoms with van der Waals surface area (Å²) in [5.74, 6) is 0. The molecule has 1 aliphatic carbocycles. The van der Waals surface area contributed by atoms with Gasteiger partial charge in [-0.05, 0) is 56.6 Å². The van der Waals surface area contributed by atoms with Crippen LogP contribution in [0.5, 0.6) is 0 Å². The molecule has 0 fully saturated rings. The van der Waals surface area contributed by atoms with Gasteiger partial charge in [-0.3, -0.25) is 0 Å². The maximum Gasteiger partial charge on any atom is 0.0753 e. The molecular weight excluding hydrogens is 208 g/mol. The summed E-state index contributed by atoms with van der Waals surface area (Å²) in [6, 6.07) is 8.57. The topological polar surface area (TPSA) is 20.2 Å². The Morgan fingerprint density at radius 3 is 2.88 bits per heavy atom. The van der Waals surface area contributed by atoms with Gasteiger partial charge in [0, 0.05) is 0 Å². The van der Waals surface area contributed by atoms with Gasteiger partial charge in [-0.1, -0.05) is 35.9 Å². The van der Waals surface area contributed by atoms with Crippen LogP contribution in [-0.4, -0.2) is 11.2 Å². The molecule has 2 rings (SSSR count). The maximum absolute atomic E-state index is 10.1. The predicted octanol–water partition coefficient (Wildman–Crippen LogP) is 3.79. The molecule has 1 aliphatic rings. The number of aliphatic hydroxyl groups excluding tert-OH is 1. The van der Waals surface area contributed by atoms with Crippen molar-refractivity contribution in [2.75, 3.05) is 0 Å². The summed E-state index contributed by atoms with van der Waals surface area (Å²) in [4.78, 5) is 0. The smallest absolute Gasteiger partial charge is 0.0753 e. The lowest BCUT2D eigenvalue weighted by molar-refractivity contribution is 0.194. The fraction of sp³-hybridized carbons (Fsp3) is 0.500. The van der Waals surface area contributed by atoms with Crippen LogP contribution in [0, 0.1) is 6.92 Å². The van der Waals surface area contributed by atoms with Crippen molar-refractivity contribution in [2.24, 2.45) is 0 Å². The minimum absolute atomic E-state index is 0.226. The zero-order valence-corrected chi connectivity index (χ0v) is 10.7. The van der Waals surface area contributed by atoms with E-state index in [1.807, 2.05) is 0 Å². The molecule has 0 saturated carbocycles. The minimum Gasteiger partial charge on any atom is -0.389 e. The van der Waals surface area contributed by atoms with Crippen molar-refractivity contribution in [2.45, 2.75) is 51.6 Å². The molecule has 92 valence electrons. The molecule has 0 spiro atoms. The van der Waals surface area contributed by atoms with Crippen LogP contribution in [0.15, 0.2) is 35.9 Å². The van der Waals surface area contributed by atoms with Crippen LogP contribution >= 0.6 is 0 Å². The maximum atomic E-state index is 10.1.